The van der Waals surface area contributed by atoms with E-state index in [-0.39, 0.29) is 0 Å². The standard InChI is InChI=1S/C11H11N3OS/c12-4-3-8-10(9-2-1-6-15-9)13-11-14(8)5-7-16-11/h1-2,5-7H,3-4,12H2. The predicted molar refractivity (Wildman–Crippen MR) is 63.5 cm³/mol. The summed E-state index contributed by atoms with van der Waals surface area (Å²) in [6.07, 6.45) is 4.48. The van der Waals surface area contributed by atoms with Crippen LogP contribution in [-0.4, -0.2) is 15.9 Å². The number of nitrogens with two attached hydrogens (primary N) is 1. The first-order valence-electron chi connectivity index (χ1n) is 5.08. The summed E-state index contributed by atoms with van der Waals surface area (Å²) in [5, 5.41) is 2.02. The van der Waals surface area contributed by atoms with Crippen molar-refractivity contribution in [2.45, 2.75) is 6.42 Å². The Morgan fingerprint density at radius 2 is 2.44 bits per heavy atom. The van der Waals surface area contributed by atoms with Crippen molar-refractivity contribution in [1.82, 2.24) is 9.38 Å². The van der Waals surface area contributed by atoms with Gasteiger partial charge >= 0.3 is 0 Å². The number of thiazole rings is 1. The van der Waals surface area contributed by atoms with Crippen LogP contribution < -0.4 is 5.73 Å². The van der Waals surface area contributed by atoms with Gasteiger partial charge in [-0.2, -0.15) is 0 Å². The highest BCUT2D eigenvalue weighted by Gasteiger charge is 2.15. The molecule has 0 amide bonds. The minimum absolute atomic E-state index is 0.608. The molecule has 0 atom stereocenters. The van der Waals surface area contributed by atoms with E-state index in [1.54, 1.807) is 17.6 Å². The van der Waals surface area contributed by atoms with Gasteiger partial charge in [0.15, 0.2) is 10.7 Å². The molecule has 0 fully saturated rings. The lowest BCUT2D eigenvalue weighted by Crippen LogP contribution is -2.05. The molecule has 4 nitrogen and oxygen atoms in total. The Bertz CT molecular complexity index is 594. The topological polar surface area (TPSA) is 56.5 Å². The van der Waals surface area contributed by atoms with E-state index in [0.717, 1.165) is 28.5 Å². The molecule has 3 aromatic heterocycles. The summed E-state index contributed by atoms with van der Waals surface area (Å²) in [6.45, 7) is 0.608. The van der Waals surface area contributed by atoms with E-state index in [9.17, 15) is 0 Å². The summed E-state index contributed by atoms with van der Waals surface area (Å²) in [5.74, 6) is 0.805. The van der Waals surface area contributed by atoms with Gasteiger partial charge in [-0.15, -0.1) is 11.3 Å². The number of fused-ring (bicyclic) bond motifs is 1. The van der Waals surface area contributed by atoms with E-state index in [1.165, 1.54) is 0 Å². The number of nitrogens with zero attached hydrogens (tertiary/aromatic N) is 2. The van der Waals surface area contributed by atoms with Gasteiger partial charge in [-0.25, -0.2) is 4.98 Å². The minimum atomic E-state index is 0.608. The maximum atomic E-state index is 5.63. The first-order valence-corrected chi connectivity index (χ1v) is 5.96. The first kappa shape index (κ1) is 9.62. The highest BCUT2D eigenvalue weighted by Crippen LogP contribution is 2.26. The van der Waals surface area contributed by atoms with Gasteiger partial charge in [0, 0.05) is 18.0 Å². The Kier molecular flexibility index (Phi) is 2.27. The lowest BCUT2D eigenvalue weighted by Gasteiger charge is -1.99. The van der Waals surface area contributed by atoms with Crippen molar-refractivity contribution in [3.05, 3.63) is 35.7 Å². The molecule has 2 N–H and O–H groups in total. The van der Waals surface area contributed by atoms with Crippen molar-refractivity contribution in [2.75, 3.05) is 6.54 Å². The fourth-order valence-corrected chi connectivity index (χ4v) is 2.55. The van der Waals surface area contributed by atoms with E-state index in [0.29, 0.717) is 6.54 Å². The zero-order valence-electron chi connectivity index (χ0n) is 8.59. The maximum Gasteiger partial charge on any atom is 0.194 e. The van der Waals surface area contributed by atoms with Gasteiger partial charge in [0.2, 0.25) is 0 Å². The summed E-state index contributed by atoms with van der Waals surface area (Å²) in [4.78, 5) is 5.55. The number of aromatic nitrogens is 2. The zero-order chi connectivity index (χ0) is 11.0. The summed E-state index contributed by atoms with van der Waals surface area (Å²) < 4.78 is 7.47. The van der Waals surface area contributed by atoms with Crippen LogP contribution in [0.4, 0.5) is 0 Å². The Morgan fingerprint density at radius 3 is 3.19 bits per heavy atom. The average molecular weight is 233 g/mol. The second-order valence-corrected chi connectivity index (χ2v) is 4.35. The normalized spacial score (nSPS) is 11.3. The Hall–Kier alpha value is -1.59. The number of rotatable bonds is 3. The fourth-order valence-electron chi connectivity index (χ4n) is 1.82. The predicted octanol–water partition coefficient (Wildman–Crippen LogP) is 2.16. The van der Waals surface area contributed by atoms with Crippen molar-refractivity contribution in [2.24, 2.45) is 5.73 Å². The summed E-state index contributed by atoms with van der Waals surface area (Å²) in [7, 11) is 0. The number of imidazole rings is 1. The van der Waals surface area contributed by atoms with Crippen LogP contribution >= 0.6 is 11.3 Å². The third kappa shape index (κ3) is 1.36. The molecule has 0 unspecified atom stereocenters. The van der Waals surface area contributed by atoms with Crippen LogP contribution in [0.3, 0.4) is 0 Å². The third-order valence-electron chi connectivity index (χ3n) is 2.50. The molecule has 3 heterocycles. The Morgan fingerprint density at radius 1 is 1.50 bits per heavy atom. The molecule has 3 rings (SSSR count). The van der Waals surface area contributed by atoms with E-state index in [1.807, 2.05) is 23.7 Å². The van der Waals surface area contributed by atoms with E-state index in [2.05, 4.69) is 9.38 Å². The Balaban J connectivity index is 2.22. The molecule has 0 saturated heterocycles. The molecular weight excluding hydrogens is 222 g/mol. The number of hydrogen-bond acceptors (Lipinski definition) is 4. The SMILES string of the molecule is NCCc1c(-c2ccco2)nc2sccn12. The molecule has 82 valence electrons. The van der Waals surface area contributed by atoms with Gasteiger partial charge in [-0.05, 0) is 18.7 Å². The van der Waals surface area contributed by atoms with Crippen molar-refractivity contribution >= 4 is 16.3 Å². The lowest BCUT2D eigenvalue weighted by molar-refractivity contribution is 0.579. The second-order valence-electron chi connectivity index (χ2n) is 3.48. The molecule has 0 aromatic carbocycles. The van der Waals surface area contributed by atoms with Crippen molar-refractivity contribution in [1.29, 1.82) is 0 Å². The van der Waals surface area contributed by atoms with Crippen LogP contribution in [0.2, 0.25) is 0 Å². The maximum absolute atomic E-state index is 5.63. The largest absolute Gasteiger partial charge is 0.463 e. The molecule has 16 heavy (non-hydrogen) atoms. The molecule has 0 saturated carbocycles. The highest BCUT2D eigenvalue weighted by molar-refractivity contribution is 7.15. The van der Waals surface area contributed by atoms with E-state index in [4.69, 9.17) is 10.2 Å². The van der Waals surface area contributed by atoms with E-state index < -0.39 is 0 Å². The van der Waals surface area contributed by atoms with Gasteiger partial charge in [-0.3, -0.25) is 4.40 Å². The third-order valence-corrected chi connectivity index (χ3v) is 3.25. The quantitative estimate of drug-likeness (QED) is 0.754. The van der Waals surface area contributed by atoms with Gasteiger partial charge < -0.3 is 10.2 Å². The first-order chi connectivity index (χ1) is 7.90. The molecule has 3 aromatic rings. The van der Waals surface area contributed by atoms with Gasteiger partial charge in [0.1, 0.15) is 5.69 Å². The van der Waals surface area contributed by atoms with Crippen LogP contribution in [0.5, 0.6) is 0 Å². The van der Waals surface area contributed by atoms with Crippen molar-refractivity contribution in [3.8, 4) is 11.5 Å². The van der Waals surface area contributed by atoms with E-state index >= 15 is 0 Å². The molecule has 0 radical (unpaired) electrons. The zero-order valence-corrected chi connectivity index (χ0v) is 9.41. The van der Waals surface area contributed by atoms with Crippen LogP contribution in [-0.2, 0) is 6.42 Å². The van der Waals surface area contributed by atoms with Crippen LogP contribution in [0.15, 0.2) is 34.4 Å². The lowest BCUT2D eigenvalue weighted by atomic mass is 10.2. The highest BCUT2D eigenvalue weighted by atomic mass is 32.1. The van der Waals surface area contributed by atoms with Crippen molar-refractivity contribution < 1.29 is 4.42 Å². The van der Waals surface area contributed by atoms with Gasteiger partial charge in [0.05, 0.1) is 12.0 Å². The van der Waals surface area contributed by atoms with Crippen LogP contribution in [0, 0.1) is 0 Å². The number of hydrogen-bond donors (Lipinski definition) is 1. The molecule has 5 heteroatoms. The average Bonchev–Trinajstić information content (AvgIpc) is 2.93. The molecule has 0 bridgehead atoms. The van der Waals surface area contributed by atoms with Gasteiger partial charge in [-0.1, -0.05) is 0 Å². The Labute approximate surface area is 96.3 Å². The molecule has 0 aliphatic rings. The molecule has 0 aliphatic heterocycles. The smallest absolute Gasteiger partial charge is 0.194 e. The summed E-state index contributed by atoms with van der Waals surface area (Å²) >= 11 is 1.61. The molecule has 0 aliphatic carbocycles. The van der Waals surface area contributed by atoms with Crippen molar-refractivity contribution in [3.63, 3.8) is 0 Å². The van der Waals surface area contributed by atoms with Crippen LogP contribution in [0.25, 0.3) is 16.4 Å². The monoisotopic (exact) mass is 233 g/mol. The number of furan rings is 1. The minimum Gasteiger partial charge on any atom is -0.463 e. The summed E-state index contributed by atoms with van der Waals surface area (Å²) in [6, 6.07) is 3.79. The molecular formula is C11H11N3OS. The molecule has 0 spiro atoms. The fraction of sp³-hybridized carbons (Fsp3) is 0.182. The summed E-state index contributed by atoms with van der Waals surface area (Å²) in [5.41, 5.74) is 7.66. The van der Waals surface area contributed by atoms with Crippen LogP contribution in [0.1, 0.15) is 5.69 Å². The van der Waals surface area contributed by atoms with Gasteiger partial charge in [0.25, 0.3) is 0 Å². The second kappa shape index (κ2) is 3.77.